The van der Waals surface area contributed by atoms with Crippen LogP contribution in [0.3, 0.4) is 0 Å². The molecule has 0 aromatic carbocycles. The van der Waals surface area contributed by atoms with Crippen molar-refractivity contribution in [3.63, 3.8) is 0 Å². The first-order chi connectivity index (χ1) is 11.8. The number of carbonyl (C=O) groups is 4. The Morgan fingerprint density at radius 3 is 1.07 bits per heavy atom. The van der Waals surface area contributed by atoms with Crippen LogP contribution < -0.4 is 0 Å². The molecule has 0 saturated carbocycles. The predicted molar refractivity (Wildman–Crippen MR) is 66.8 cm³/mol. The Morgan fingerprint density at radius 1 is 0.630 bits per heavy atom. The largest absolute Gasteiger partial charge is 0.481 e. The minimum atomic E-state index is -5.68. The van der Waals surface area contributed by atoms with Gasteiger partial charge in [-0.3, -0.25) is 19.2 Å². The van der Waals surface area contributed by atoms with Crippen LogP contribution in [0.5, 0.6) is 0 Å². The minimum Gasteiger partial charge on any atom is -0.481 e. The van der Waals surface area contributed by atoms with Gasteiger partial charge in [0.15, 0.2) is 11.2 Å². The van der Waals surface area contributed by atoms with Crippen LogP contribution in [0.25, 0.3) is 0 Å². The van der Waals surface area contributed by atoms with Crippen molar-refractivity contribution in [2.45, 2.75) is 49.2 Å². The highest BCUT2D eigenvalue weighted by Crippen LogP contribution is 2.38. The van der Waals surface area contributed by atoms with E-state index in [0.717, 1.165) is 0 Å². The summed E-state index contributed by atoms with van der Waals surface area (Å²) in [6, 6.07) is 0. The summed E-state index contributed by atoms with van der Waals surface area (Å²) in [5, 5.41) is 35.2. The smallest absolute Gasteiger partial charge is 0.418 e. The molecule has 0 aromatic rings. The van der Waals surface area contributed by atoms with Gasteiger partial charge in [-0.15, -0.1) is 0 Å². The lowest BCUT2D eigenvalue weighted by Crippen LogP contribution is -2.50. The van der Waals surface area contributed by atoms with Crippen LogP contribution in [-0.2, 0) is 23.9 Å². The topological polar surface area (TPSA) is 158 Å². The van der Waals surface area contributed by atoms with Crippen LogP contribution in [0, 0.1) is 0 Å². The third-order valence-electron chi connectivity index (χ3n) is 3.04. The maximum atomic E-state index is 12.7. The van der Waals surface area contributed by atoms with Crippen LogP contribution >= 0.6 is 0 Å². The number of halogens is 6. The first-order valence-corrected chi connectivity index (χ1v) is 6.58. The molecule has 0 bridgehead atoms. The quantitative estimate of drug-likeness (QED) is 0.250. The molecule has 9 nitrogen and oxygen atoms in total. The summed E-state index contributed by atoms with van der Waals surface area (Å²) in [4.78, 5) is 43.3. The fourth-order valence-corrected chi connectivity index (χ4v) is 1.70. The van der Waals surface area contributed by atoms with E-state index in [4.69, 9.17) is 10.2 Å². The van der Waals surface area contributed by atoms with Gasteiger partial charge in [-0.25, -0.2) is 0 Å². The van der Waals surface area contributed by atoms with Gasteiger partial charge in [0.2, 0.25) is 0 Å². The number of rotatable bonds is 8. The number of carboxylic acids is 2. The molecule has 0 amide bonds. The molecule has 27 heavy (non-hydrogen) atoms. The molecule has 0 spiro atoms. The van der Waals surface area contributed by atoms with Crippen LogP contribution in [0.1, 0.15) is 25.7 Å². The summed E-state index contributed by atoms with van der Waals surface area (Å²) in [6.07, 6.45) is -19.7. The molecule has 2 atom stereocenters. The Hall–Kier alpha value is -2.42. The van der Waals surface area contributed by atoms with Crippen molar-refractivity contribution in [1.29, 1.82) is 0 Å². The van der Waals surface area contributed by atoms with Gasteiger partial charge in [0, 0.05) is 0 Å². The maximum Gasteiger partial charge on any atom is 0.418 e. The first kappa shape index (κ1) is 24.6. The SMILES string of the molecule is O=C(O)CC(O)(CC(=O)OC(=O)CC(O)(CC(=O)O)C(F)(F)F)C(F)(F)F. The number of aliphatic carboxylic acids is 2. The molecular formula is C12H12F6O9. The standard InChI is InChI=1S/C12H12F6O9/c13-11(14,15)9(25,1-5(19)20)3-7(23)27-8(24)4-10(26,2-6(21)22)12(16,17)18/h25-26H,1-4H2,(H,19,20)(H,21,22). The number of hydrogen-bond acceptors (Lipinski definition) is 7. The normalized spacial score (nSPS) is 16.7. The van der Waals surface area contributed by atoms with Crippen molar-refractivity contribution in [3.8, 4) is 0 Å². The highest BCUT2D eigenvalue weighted by molar-refractivity contribution is 5.87. The van der Waals surface area contributed by atoms with E-state index < -0.39 is 73.1 Å². The zero-order valence-electron chi connectivity index (χ0n) is 12.9. The summed E-state index contributed by atoms with van der Waals surface area (Å²) >= 11 is 0. The molecule has 0 aliphatic heterocycles. The molecule has 0 aliphatic rings. The Morgan fingerprint density at radius 2 is 0.889 bits per heavy atom. The monoisotopic (exact) mass is 414 g/mol. The number of alkyl halides is 6. The summed E-state index contributed by atoms with van der Waals surface area (Å²) in [7, 11) is 0. The van der Waals surface area contributed by atoms with E-state index in [1.54, 1.807) is 0 Å². The second-order valence-corrected chi connectivity index (χ2v) is 5.40. The van der Waals surface area contributed by atoms with Crippen molar-refractivity contribution < 1.29 is 70.7 Å². The number of aliphatic hydroxyl groups is 2. The van der Waals surface area contributed by atoms with Gasteiger partial charge in [-0.1, -0.05) is 0 Å². The van der Waals surface area contributed by atoms with Crippen LogP contribution in [0.2, 0.25) is 0 Å². The number of ether oxygens (including phenoxy) is 1. The fourth-order valence-electron chi connectivity index (χ4n) is 1.70. The highest BCUT2D eigenvalue weighted by atomic mass is 19.4. The van der Waals surface area contributed by atoms with Crippen LogP contribution in [-0.4, -0.2) is 67.9 Å². The van der Waals surface area contributed by atoms with Gasteiger partial charge >= 0.3 is 36.2 Å². The van der Waals surface area contributed by atoms with E-state index in [1.807, 2.05) is 0 Å². The number of hydrogen-bond donors (Lipinski definition) is 4. The molecule has 0 radical (unpaired) electrons. The Kier molecular flexibility index (Phi) is 7.35. The van der Waals surface area contributed by atoms with E-state index in [1.165, 1.54) is 0 Å². The highest BCUT2D eigenvalue weighted by Gasteiger charge is 2.58. The molecule has 0 saturated heterocycles. The lowest BCUT2D eigenvalue weighted by Gasteiger charge is -2.29. The fraction of sp³-hybridized carbons (Fsp3) is 0.667. The maximum absolute atomic E-state index is 12.7. The third kappa shape index (κ3) is 7.01. The molecule has 0 aliphatic carbocycles. The molecule has 156 valence electrons. The average Bonchev–Trinajstić information content (AvgIpc) is 2.32. The predicted octanol–water partition coefficient (Wildman–Crippen LogP) is 0.373. The lowest BCUT2D eigenvalue weighted by atomic mass is 9.94. The van der Waals surface area contributed by atoms with Crippen molar-refractivity contribution in [1.82, 2.24) is 0 Å². The van der Waals surface area contributed by atoms with Gasteiger partial charge in [0.1, 0.15) is 0 Å². The molecule has 0 aromatic heterocycles. The summed E-state index contributed by atoms with van der Waals surface area (Å²) < 4.78 is 79.7. The Bertz CT molecular complexity index is 561. The second kappa shape index (κ2) is 8.08. The third-order valence-corrected chi connectivity index (χ3v) is 3.04. The van der Waals surface area contributed by atoms with Gasteiger partial charge in [0.25, 0.3) is 0 Å². The first-order valence-electron chi connectivity index (χ1n) is 6.58. The van der Waals surface area contributed by atoms with E-state index in [0.29, 0.717) is 0 Å². The second-order valence-electron chi connectivity index (χ2n) is 5.40. The molecule has 4 N–H and O–H groups in total. The zero-order valence-corrected chi connectivity index (χ0v) is 12.9. The average molecular weight is 414 g/mol. The van der Waals surface area contributed by atoms with Gasteiger partial charge < -0.3 is 25.2 Å². The molecule has 2 unspecified atom stereocenters. The number of carboxylic acid groups (broad SMARTS) is 2. The van der Waals surface area contributed by atoms with E-state index in [-0.39, 0.29) is 0 Å². The van der Waals surface area contributed by atoms with Crippen molar-refractivity contribution in [2.75, 3.05) is 0 Å². The molecular weight excluding hydrogens is 402 g/mol. The summed E-state index contributed by atoms with van der Waals surface area (Å²) in [6.45, 7) is 0. The molecule has 0 rings (SSSR count). The Balaban J connectivity index is 5.25. The minimum absolute atomic E-state index is 2.04. The zero-order chi connectivity index (χ0) is 21.8. The van der Waals surface area contributed by atoms with Gasteiger partial charge in [-0.2, -0.15) is 26.3 Å². The number of carbonyl (C=O) groups excluding carboxylic acids is 2. The van der Waals surface area contributed by atoms with E-state index in [9.17, 15) is 55.7 Å². The van der Waals surface area contributed by atoms with Crippen LogP contribution in [0.4, 0.5) is 26.3 Å². The van der Waals surface area contributed by atoms with Gasteiger partial charge in [-0.05, 0) is 0 Å². The van der Waals surface area contributed by atoms with E-state index >= 15 is 0 Å². The molecule has 0 heterocycles. The van der Waals surface area contributed by atoms with Crippen molar-refractivity contribution in [2.24, 2.45) is 0 Å². The molecule has 0 fully saturated rings. The number of esters is 2. The van der Waals surface area contributed by atoms with Gasteiger partial charge in [0.05, 0.1) is 25.7 Å². The van der Waals surface area contributed by atoms with Crippen molar-refractivity contribution in [3.05, 3.63) is 0 Å². The van der Waals surface area contributed by atoms with E-state index in [2.05, 4.69) is 4.74 Å². The molecule has 15 heteroatoms. The lowest BCUT2D eigenvalue weighted by molar-refractivity contribution is -0.268. The summed E-state index contributed by atoms with van der Waals surface area (Å²) in [5.41, 5.74) is -8.37. The summed E-state index contributed by atoms with van der Waals surface area (Å²) in [5.74, 6) is -8.88. The van der Waals surface area contributed by atoms with Crippen molar-refractivity contribution >= 4 is 23.9 Å². The Labute approximate surface area is 145 Å². The van der Waals surface area contributed by atoms with Crippen LogP contribution in [0.15, 0.2) is 0 Å².